The van der Waals surface area contributed by atoms with E-state index in [2.05, 4.69) is 33.3 Å². The fourth-order valence-electron chi connectivity index (χ4n) is 2.33. The van der Waals surface area contributed by atoms with Crippen LogP contribution in [0.25, 0.3) is 10.8 Å². The van der Waals surface area contributed by atoms with Crippen LogP contribution in [0.2, 0.25) is 0 Å². The highest BCUT2D eigenvalue weighted by Gasteiger charge is 2.30. The molecule has 1 aliphatic carbocycles. The van der Waals surface area contributed by atoms with Crippen LogP contribution in [-0.4, -0.2) is 29.3 Å². The van der Waals surface area contributed by atoms with Crippen molar-refractivity contribution in [2.24, 2.45) is 5.73 Å². The highest BCUT2D eigenvalue weighted by molar-refractivity contribution is 5.91. The molecule has 0 unspecified atom stereocenters. The minimum atomic E-state index is 0.636. The van der Waals surface area contributed by atoms with E-state index in [1.54, 1.807) is 0 Å². The molecule has 1 fully saturated rings. The largest absolute Gasteiger partial charge is 0.352 e. The molecular formula is C14H18N4. The molecule has 94 valence electrons. The second-order valence-corrected chi connectivity index (χ2v) is 4.82. The van der Waals surface area contributed by atoms with Gasteiger partial charge in [-0.15, -0.1) is 5.10 Å². The summed E-state index contributed by atoms with van der Waals surface area (Å²) in [7, 11) is 0. The first kappa shape index (κ1) is 11.4. The van der Waals surface area contributed by atoms with Crippen molar-refractivity contribution in [3.63, 3.8) is 0 Å². The standard InChI is InChI=1S/C14H18N4/c15-8-3-9-18(12-6-7-12)14-13-5-2-1-4-11(13)10-16-17-14/h1-2,4-5,10,12H,3,6-9,15H2. The van der Waals surface area contributed by atoms with E-state index in [1.165, 1.54) is 18.2 Å². The minimum Gasteiger partial charge on any atom is -0.352 e. The predicted molar refractivity (Wildman–Crippen MR) is 73.6 cm³/mol. The van der Waals surface area contributed by atoms with Crippen molar-refractivity contribution in [3.05, 3.63) is 30.5 Å². The summed E-state index contributed by atoms with van der Waals surface area (Å²) < 4.78 is 0. The Morgan fingerprint density at radius 3 is 2.89 bits per heavy atom. The quantitative estimate of drug-likeness (QED) is 0.870. The molecule has 0 atom stereocenters. The van der Waals surface area contributed by atoms with Gasteiger partial charge >= 0.3 is 0 Å². The number of anilines is 1. The summed E-state index contributed by atoms with van der Waals surface area (Å²) in [5.74, 6) is 1.02. The fourth-order valence-corrected chi connectivity index (χ4v) is 2.33. The van der Waals surface area contributed by atoms with Crippen LogP contribution in [0.1, 0.15) is 19.3 Å². The summed E-state index contributed by atoms with van der Waals surface area (Å²) in [5, 5.41) is 10.8. The average molecular weight is 242 g/mol. The van der Waals surface area contributed by atoms with Gasteiger partial charge in [-0.05, 0) is 25.8 Å². The number of aromatic nitrogens is 2. The molecule has 1 aliphatic rings. The average Bonchev–Trinajstić information content (AvgIpc) is 3.24. The second kappa shape index (κ2) is 4.90. The molecule has 18 heavy (non-hydrogen) atoms. The summed E-state index contributed by atoms with van der Waals surface area (Å²) >= 11 is 0. The maximum absolute atomic E-state index is 5.63. The van der Waals surface area contributed by atoms with Crippen molar-refractivity contribution < 1.29 is 0 Å². The molecule has 2 N–H and O–H groups in total. The third-order valence-electron chi connectivity index (χ3n) is 3.41. The van der Waals surface area contributed by atoms with Crippen LogP contribution in [0.3, 0.4) is 0 Å². The molecule has 1 aromatic carbocycles. The molecule has 4 nitrogen and oxygen atoms in total. The van der Waals surface area contributed by atoms with Crippen molar-refractivity contribution >= 4 is 16.6 Å². The maximum Gasteiger partial charge on any atom is 0.159 e. The molecule has 0 amide bonds. The van der Waals surface area contributed by atoms with Crippen LogP contribution in [0, 0.1) is 0 Å². The number of rotatable bonds is 5. The summed E-state index contributed by atoms with van der Waals surface area (Å²) in [6, 6.07) is 8.94. The zero-order chi connectivity index (χ0) is 12.4. The van der Waals surface area contributed by atoms with Crippen LogP contribution < -0.4 is 10.6 Å². The fraction of sp³-hybridized carbons (Fsp3) is 0.429. The van der Waals surface area contributed by atoms with Gasteiger partial charge in [-0.25, -0.2) is 0 Å². The highest BCUT2D eigenvalue weighted by atomic mass is 15.3. The molecule has 1 saturated carbocycles. The molecule has 4 heteroatoms. The second-order valence-electron chi connectivity index (χ2n) is 4.82. The monoisotopic (exact) mass is 242 g/mol. The van der Waals surface area contributed by atoms with E-state index in [1.807, 2.05) is 12.3 Å². The van der Waals surface area contributed by atoms with E-state index >= 15 is 0 Å². The lowest BCUT2D eigenvalue weighted by Crippen LogP contribution is -2.29. The van der Waals surface area contributed by atoms with Crippen molar-refractivity contribution in [2.75, 3.05) is 18.0 Å². The van der Waals surface area contributed by atoms with E-state index in [0.717, 1.165) is 30.7 Å². The topological polar surface area (TPSA) is 55.0 Å². The first-order chi connectivity index (χ1) is 8.90. The van der Waals surface area contributed by atoms with E-state index in [4.69, 9.17) is 5.73 Å². The molecular weight excluding hydrogens is 224 g/mol. The first-order valence-corrected chi connectivity index (χ1v) is 6.57. The van der Waals surface area contributed by atoms with Gasteiger partial charge in [-0.1, -0.05) is 24.3 Å². The molecule has 0 aliphatic heterocycles. The van der Waals surface area contributed by atoms with Gasteiger partial charge in [0.15, 0.2) is 5.82 Å². The van der Waals surface area contributed by atoms with Crippen LogP contribution in [-0.2, 0) is 0 Å². The zero-order valence-corrected chi connectivity index (χ0v) is 10.4. The van der Waals surface area contributed by atoms with Gasteiger partial charge in [-0.3, -0.25) is 0 Å². The van der Waals surface area contributed by atoms with Crippen LogP contribution in [0.15, 0.2) is 30.5 Å². The Balaban J connectivity index is 2.00. The lowest BCUT2D eigenvalue weighted by molar-refractivity contribution is 0.719. The maximum atomic E-state index is 5.63. The Hall–Kier alpha value is -1.68. The number of benzene rings is 1. The van der Waals surface area contributed by atoms with Crippen molar-refractivity contribution in [2.45, 2.75) is 25.3 Å². The Labute approximate surface area is 107 Å². The van der Waals surface area contributed by atoms with Crippen LogP contribution >= 0.6 is 0 Å². The van der Waals surface area contributed by atoms with E-state index < -0.39 is 0 Å². The number of hydrogen-bond donors (Lipinski definition) is 1. The summed E-state index contributed by atoms with van der Waals surface area (Å²) in [6.45, 7) is 1.70. The predicted octanol–water partition coefficient (Wildman–Crippen LogP) is 1.95. The van der Waals surface area contributed by atoms with Crippen molar-refractivity contribution in [1.82, 2.24) is 10.2 Å². The molecule has 0 bridgehead atoms. The highest BCUT2D eigenvalue weighted by Crippen LogP contribution is 2.33. The molecule has 0 saturated heterocycles. The SMILES string of the molecule is NCCCN(c1nncc2ccccc12)C1CC1. The Morgan fingerprint density at radius 2 is 2.11 bits per heavy atom. The van der Waals surface area contributed by atoms with Gasteiger partial charge in [0.05, 0.1) is 6.20 Å². The van der Waals surface area contributed by atoms with E-state index in [-0.39, 0.29) is 0 Å². The Kier molecular flexibility index (Phi) is 3.11. The van der Waals surface area contributed by atoms with Crippen molar-refractivity contribution in [3.8, 4) is 0 Å². The molecule has 0 spiro atoms. The minimum absolute atomic E-state index is 0.636. The van der Waals surface area contributed by atoms with Crippen LogP contribution in [0.5, 0.6) is 0 Å². The Bertz CT molecular complexity index is 531. The first-order valence-electron chi connectivity index (χ1n) is 6.57. The number of nitrogens with zero attached hydrogens (tertiary/aromatic N) is 3. The summed E-state index contributed by atoms with van der Waals surface area (Å²) in [6.07, 6.45) is 5.35. The van der Waals surface area contributed by atoms with Gasteiger partial charge in [0.2, 0.25) is 0 Å². The van der Waals surface area contributed by atoms with Gasteiger partial charge in [0.25, 0.3) is 0 Å². The third-order valence-corrected chi connectivity index (χ3v) is 3.41. The molecule has 3 rings (SSSR count). The summed E-state index contributed by atoms with van der Waals surface area (Å²) in [4.78, 5) is 2.38. The number of nitrogens with two attached hydrogens (primary N) is 1. The number of hydrogen-bond acceptors (Lipinski definition) is 4. The Morgan fingerprint density at radius 1 is 1.28 bits per heavy atom. The molecule has 1 heterocycles. The molecule has 0 radical (unpaired) electrons. The lowest BCUT2D eigenvalue weighted by Gasteiger charge is -2.23. The van der Waals surface area contributed by atoms with Gasteiger partial charge < -0.3 is 10.6 Å². The van der Waals surface area contributed by atoms with Crippen LogP contribution in [0.4, 0.5) is 5.82 Å². The van der Waals surface area contributed by atoms with E-state index in [9.17, 15) is 0 Å². The normalized spacial score (nSPS) is 14.9. The number of fused-ring (bicyclic) bond motifs is 1. The van der Waals surface area contributed by atoms with Gasteiger partial charge in [-0.2, -0.15) is 5.10 Å². The van der Waals surface area contributed by atoms with Crippen molar-refractivity contribution in [1.29, 1.82) is 0 Å². The van der Waals surface area contributed by atoms with Gasteiger partial charge in [0.1, 0.15) is 0 Å². The lowest BCUT2D eigenvalue weighted by atomic mass is 10.2. The van der Waals surface area contributed by atoms with Gasteiger partial charge in [0, 0.05) is 23.4 Å². The zero-order valence-electron chi connectivity index (χ0n) is 10.4. The third kappa shape index (κ3) is 2.16. The summed E-state index contributed by atoms with van der Waals surface area (Å²) in [5.41, 5.74) is 5.63. The van der Waals surface area contributed by atoms with E-state index in [0.29, 0.717) is 6.04 Å². The molecule has 1 aromatic heterocycles. The smallest absolute Gasteiger partial charge is 0.159 e. The molecule has 2 aromatic rings.